The molecule has 0 spiro atoms. The van der Waals surface area contributed by atoms with Crippen LogP contribution < -0.4 is 10.9 Å². The second-order valence-electron chi connectivity index (χ2n) is 11.2. The number of pyridine rings is 2. The number of nitrogens with zero attached hydrogens (tertiary/aromatic N) is 5. The van der Waals surface area contributed by atoms with Crippen LogP contribution >= 0.6 is 0 Å². The maximum atomic E-state index is 12.6. The van der Waals surface area contributed by atoms with Gasteiger partial charge in [0.15, 0.2) is 0 Å². The zero-order valence-corrected chi connectivity index (χ0v) is 23.4. The van der Waals surface area contributed by atoms with Gasteiger partial charge < -0.3 is 15.0 Å². The van der Waals surface area contributed by atoms with Gasteiger partial charge in [0.1, 0.15) is 11.2 Å². The molecule has 0 bridgehead atoms. The van der Waals surface area contributed by atoms with Gasteiger partial charge in [-0.3, -0.25) is 14.3 Å². The molecule has 202 valence electrons. The van der Waals surface area contributed by atoms with Crippen LogP contribution in [0.1, 0.15) is 78.2 Å². The van der Waals surface area contributed by atoms with E-state index in [0.29, 0.717) is 24.7 Å². The average molecular weight is 519 g/mol. The van der Waals surface area contributed by atoms with Gasteiger partial charge in [-0.25, -0.2) is 9.78 Å². The summed E-state index contributed by atoms with van der Waals surface area (Å²) in [6.45, 7) is 15.0. The number of carbonyl (C=O) groups excluding carboxylic acids is 1. The number of anilines is 1. The summed E-state index contributed by atoms with van der Waals surface area (Å²) >= 11 is 0. The topological polar surface area (TPSA) is 102 Å². The number of carbonyl (C=O) groups is 1. The molecule has 0 fully saturated rings. The van der Waals surface area contributed by atoms with Crippen LogP contribution in [0.3, 0.4) is 0 Å². The molecule has 3 aromatic rings. The van der Waals surface area contributed by atoms with Crippen molar-refractivity contribution in [3.05, 3.63) is 64.3 Å². The van der Waals surface area contributed by atoms with Gasteiger partial charge in [-0.05, 0) is 70.2 Å². The Morgan fingerprint density at radius 2 is 1.82 bits per heavy atom. The van der Waals surface area contributed by atoms with Gasteiger partial charge in [0.05, 0.1) is 11.7 Å². The lowest BCUT2D eigenvalue weighted by atomic mass is 10.0. The first-order valence-electron chi connectivity index (χ1n) is 13.2. The fourth-order valence-corrected chi connectivity index (χ4v) is 4.34. The van der Waals surface area contributed by atoms with E-state index in [9.17, 15) is 9.59 Å². The fraction of sp³-hybridized carbons (Fsp3) is 0.483. The molecule has 3 aromatic heterocycles. The molecule has 0 aliphatic carbocycles. The molecular formula is C29H38N6O3. The van der Waals surface area contributed by atoms with E-state index in [-0.39, 0.29) is 29.7 Å². The number of amides is 1. The summed E-state index contributed by atoms with van der Waals surface area (Å²) in [5.41, 5.74) is 3.11. The molecule has 0 saturated heterocycles. The summed E-state index contributed by atoms with van der Waals surface area (Å²) in [5.74, 6) is 0.731. The molecule has 4 rings (SSSR count). The number of rotatable bonds is 6. The number of nitrogens with one attached hydrogen (secondary N) is 1. The zero-order valence-electron chi connectivity index (χ0n) is 23.4. The summed E-state index contributed by atoms with van der Waals surface area (Å²) in [5, 5.41) is 4.15. The van der Waals surface area contributed by atoms with E-state index in [2.05, 4.69) is 41.3 Å². The monoisotopic (exact) mass is 518 g/mol. The second kappa shape index (κ2) is 10.9. The van der Waals surface area contributed by atoms with Crippen molar-refractivity contribution in [1.82, 2.24) is 24.4 Å². The van der Waals surface area contributed by atoms with Gasteiger partial charge in [0.2, 0.25) is 5.95 Å². The van der Waals surface area contributed by atoms with E-state index < -0.39 is 5.60 Å². The Bertz CT molecular complexity index is 1390. The summed E-state index contributed by atoms with van der Waals surface area (Å²) in [6.07, 6.45) is 6.13. The van der Waals surface area contributed by atoms with Gasteiger partial charge in [0, 0.05) is 43.0 Å². The lowest BCUT2D eigenvalue weighted by Crippen LogP contribution is -2.39. The molecular weight excluding hydrogens is 480 g/mol. The predicted octanol–water partition coefficient (Wildman–Crippen LogP) is 5.60. The fourth-order valence-electron chi connectivity index (χ4n) is 4.34. The Balaban J connectivity index is 1.46. The molecule has 9 heteroatoms. The highest BCUT2D eigenvalue weighted by Gasteiger charge is 2.24. The van der Waals surface area contributed by atoms with Crippen molar-refractivity contribution in [3.63, 3.8) is 0 Å². The summed E-state index contributed by atoms with van der Waals surface area (Å²) in [4.78, 5) is 40.5. The minimum absolute atomic E-state index is 0.00545. The van der Waals surface area contributed by atoms with Crippen molar-refractivity contribution in [1.29, 1.82) is 0 Å². The molecule has 1 aliphatic rings. The number of hydrogen-bond donors (Lipinski definition) is 1. The van der Waals surface area contributed by atoms with E-state index in [0.717, 1.165) is 23.1 Å². The summed E-state index contributed by atoms with van der Waals surface area (Å²) < 4.78 is 7.22. The highest BCUT2D eigenvalue weighted by molar-refractivity contribution is 5.75. The number of aromatic nitrogens is 4. The quantitative estimate of drug-likeness (QED) is 0.453. The van der Waals surface area contributed by atoms with Crippen LogP contribution in [0.4, 0.5) is 10.7 Å². The van der Waals surface area contributed by atoms with Crippen molar-refractivity contribution in [2.45, 2.75) is 72.6 Å². The van der Waals surface area contributed by atoms with Crippen LogP contribution in [0.2, 0.25) is 0 Å². The first kappa shape index (κ1) is 27.3. The number of fused-ring (bicyclic) bond motifs is 1. The molecule has 0 aromatic carbocycles. The highest BCUT2D eigenvalue weighted by Crippen LogP contribution is 2.25. The third kappa shape index (κ3) is 6.20. The van der Waals surface area contributed by atoms with Gasteiger partial charge in [-0.2, -0.15) is 4.98 Å². The van der Waals surface area contributed by atoms with E-state index >= 15 is 0 Å². The molecule has 9 nitrogen and oxygen atoms in total. The maximum Gasteiger partial charge on any atom is 0.410 e. The van der Waals surface area contributed by atoms with Crippen molar-refractivity contribution in [2.24, 2.45) is 5.92 Å². The van der Waals surface area contributed by atoms with Crippen LogP contribution in [0, 0.1) is 5.92 Å². The molecule has 2 atom stereocenters. The Morgan fingerprint density at radius 3 is 2.42 bits per heavy atom. The van der Waals surface area contributed by atoms with Gasteiger partial charge >= 0.3 is 6.09 Å². The van der Waals surface area contributed by atoms with Crippen LogP contribution in [0.25, 0.3) is 16.6 Å². The Hall–Kier alpha value is -3.75. The van der Waals surface area contributed by atoms with Gasteiger partial charge in [-0.1, -0.05) is 26.0 Å². The van der Waals surface area contributed by atoms with Crippen LogP contribution in [-0.2, 0) is 4.74 Å². The molecule has 1 aliphatic heterocycles. The normalized spacial score (nSPS) is 15.8. The van der Waals surface area contributed by atoms with Crippen molar-refractivity contribution < 1.29 is 9.53 Å². The summed E-state index contributed by atoms with van der Waals surface area (Å²) in [6, 6.07) is 7.25. The molecule has 4 heterocycles. The molecule has 0 unspecified atom stereocenters. The Labute approximate surface area is 224 Å². The van der Waals surface area contributed by atoms with Gasteiger partial charge in [0.25, 0.3) is 5.56 Å². The molecule has 38 heavy (non-hydrogen) atoms. The largest absolute Gasteiger partial charge is 0.444 e. The van der Waals surface area contributed by atoms with E-state index in [1.807, 2.05) is 46.9 Å². The van der Waals surface area contributed by atoms with E-state index in [4.69, 9.17) is 9.72 Å². The van der Waals surface area contributed by atoms with Crippen LogP contribution in [0.15, 0.2) is 47.5 Å². The first-order chi connectivity index (χ1) is 17.9. The lowest BCUT2D eigenvalue weighted by Gasteiger charge is -2.29. The minimum atomic E-state index is -0.504. The maximum absolute atomic E-state index is 12.6. The molecule has 0 saturated carbocycles. The van der Waals surface area contributed by atoms with Crippen molar-refractivity contribution >= 4 is 28.6 Å². The van der Waals surface area contributed by atoms with E-state index in [1.54, 1.807) is 27.8 Å². The number of ether oxygens (including phenoxy) is 1. The Kier molecular flexibility index (Phi) is 7.85. The van der Waals surface area contributed by atoms with Crippen molar-refractivity contribution in [2.75, 3.05) is 18.4 Å². The SMILES string of the molecule is CC(C)[C@H](C)n1c(=O)ccc2cnc(N[C@@H](C)c3ccc(C4=CCN(C(=O)OC(C)(C)C)CC4)cn3)nc21. The average Bonchev–Trinajstić information content (AvgIpc) is 2.87. The standard InChI is InChI=1S/C29H38N6O3/c1-18(2)20(4)35-25(36)11-9-23-17-31-27(33-26(23)35)32-19(3)24-10-8-22(16-30-24)21-12-14-34(15-13-21)28(37)38-29(5,6)7/h8-12,16-20H,13-15H2,1-7H3,(H,31,32,33)/t19-,20-/m0/s1. The third-order valence-electron chi connectivity index (χ3n) is 6.85. The lowest BCUT2D eigenvalue weighted by molar-refractivity contribution is 0.0270. The van der Waals surface area contributed by atoms with Crippen LogP contribution in [-0.4, -0.2) is 49.2 Å². The zero-order chi connectivity index (χ0) is 27.6. The van der Waals surface area contributed by atoms with Crippen LogP contribution in [0.5, 0.6) is 0 Å². The third-order valence-corrected chi connectivity index (χ3v) is 6.85. The molecule has 0 radical (unpaired) electrons. The van der Waals surface area contributed by atoms with Gasteiger partial charge in [-0.15, -0.1) is 0 Å². The molecule has 1 amide bonds. The Morgan fingerprint density at radius 1 is 1.05 bits per heavy atom. The number of hydrogen-bond acceptors (Lipinski definition) is 7. The predicted molar refractivity (Wildman–Crippen MR) is 150 cm³/mol. The van der Waals surface area contributed by atoms with Crippen molar-refractivity contribution in [3.8, 4) is 0 Å². The minimum Gasteiger partial charge on any atom is -0.444 e. The summed E-state index contributed by atoms with van der Waals surface area (Å²) in [7, 11) is 0. The highest BCUT2D eigenvalue weighted by atomic mass is 16.6. The second-order valence-corrected chi connectivity index (χ2v) is 11.2. The molecule has 1 N–H and O–H groups in total. The van der Waals surface area contributed by atoms with E-state index in [1.165, 1.54) is 5.57 Å². The smallest absolute Gasteiger partial charge is 0.410 e. The first-order valence-corrected chi connectivity index (χ1v) is 13.2.